The second-order valence-corrected chi connectivity index (χ2v) is 5.38. The second-order valence-electron chi connectivity index (χ2n) is 5.38. The molecule has 0 bridgehead atoms. The van der Waals surface area contributed by atoms with Gasteiger partial charge < -0.3 is 5.32 Å². The summed E-state index contributed by atoms with van der Waals surface area (Å²) in [5.74, 6) is 0.483. The third kappa shape index (κ3) is 3.39. The Labute approximate surface area is 116 Å². The second kappa shape index (κ2) is 5.55. The first-order valence-electron chi connectivity index (χ1n) is 6.61. The van der Waals surface area contributed by atoms with Crippen LogP contribution in [0.2, 0.25) is 0 Å². The van der Waals surface area contributed by atoms with Crippen molar-refractivity contribution < 1.29 is 13.2 Å². The molecule has 1 fully saturated rings. The van der Waals surface area contributed by atoms with Gasteiger partial charge in [0.15, 0.2) is 0 Å². The fraction of sp³-hybridized carbons (Fsp3) is 0.692. The predicted molar refractivity (Wildman–Crippen MR) is 70.6 cm³/mol. The maximum absolute atomic E-state index is 12.8. The van der Waals surface area contributed by atoms with Crippen LogP contribution in [0.3, 0.4) is 0 Å². The summed E-state index contributed by atoms with van der Waals surface area (Å²) in [4.78, 5) is 9.81. The Morgan fingerprint density at radius 2 is 2.00 bits per heavy atom. The SMILES string of the molecule is Cc1cnc(N[C@H]2CC[C@H](C(F)(F)F)N(C)C2)nc1C. The molecule has 20 heavy (non-hydrogen) atoms. The average molecular weight is 288 g/mol. The van der Waals surface area contributed by atoms with Crippen LogP contribution in [0.15, 0.2) is 6.20 Å². The van der Waals surface area contributed by atoms with Gasteiger partial charge in [0.1, 0.15) is 6.04 Å². The van der Waals surface area contributed by atoms with Gasteiger partial charge >= 0.3 is 6.18 Å². The minimum atomic E-state index is -4.16. The van der Waals surface area contributed by atoms with Crippen molar-refractivity contribution in [1.29, 1.82) is 0 Å². The van der Waals surface area contributed by atoms with E-state index in [2.05, 4.69) is 15.3 Å². The Balaban J connectivity index is 1.98. The molecule has 0 spiro atoms. The van der Waals surface area contributed by atoms with Crippen LogP contribution in [0.1, 0.15) is 24.1 Å². The smallest absolute Gasteiger partial charge is 0.350 e. The number of nitrogens with zero attached hydrogens (tertiary/aromatic N) is 3. The van der Waals surface area contributed by atoms with Crippen molar-refractivity contribution in [2.24, 2.45) is 0 Å². The summed E-state index contributed by atoms with van der Waals surface area (Å²) in [5, 5.41) is 3.12. The van der Waals surface area contributed by atoms with Crippen molar-refractivity contribution in [3.63, 3.8) is 0 Å². The summed E-state index contributed by atoms with van der Waals surface area (Å²) in [6.07, 6.45) is -1.88. The summed E-state index contributed by atoms with van der Waals surface area (Å²) in [6.45, 7) is 4.14. The first-order chi connectivity index (χ1) is 9.27. The molecule has 1 saturated heterocycles. The van der Waals surface area contributed by atoms with E-state index < -0.39 is 12.2 Å². The van der Waals surface area contributed by atoms with E-state index in [4.69, 9.17) is 0 Å². The zero-order valence-electron chi connectivity index (χ0n) is 11.8. The van der Waals surface area contributed by atoms with Gasteiger partial charge in [-0.3, -0.25) is 4.90 Å². The van der Waals surface area contributed by atoms with E-state index >= 15 is 0 Å². The number of piperidine rings is 1. The number of hydrogen-bond acceptors (Lipinski definition) is 4. The maximum Gasteiger partial charge on any atom is 0.404 e. The highest BCUT2D eigenvalue weighted by atomic mass is 19.4. The third-order valence-electron chi connectivity index (χ3n) is 3.76. The molecular formula is C13H19F3N4. The number of rotatable bonds is 2. The quantitative estimate of drug-likeness (QED) is 0.908. The molecule has 0 amide bonds. The largest absolute Gasteiger partial charge is 0.404 e. The summed E-state index contributed by atoms with van der Waals surface area (Å²) >= 11 is 0. The molecule has 1 aliphatic heterocycles. The van der Waals surface area contributed by atoms with Crippen molar-refractivity contribution in [2.45, 2.75) is 44.9 Å². The lowest BCUT2D eigenvalue weighted by Gasteiger charge is -2.38. The normalized spacial score (nSPS) is 24.7. The monoisotopic (exact) mass is 288 g/mol. The van der Waals surface area contributed by atoms with Gasteiger partial charge in [-0.25, -0.2) is 9.97 Å². The van der Waals surface area contributed by atoms with Crippen molar-refractivity contribution in [3.05, 3.63) is 17.5 Å². The van der Waals surface area contributed by atoms with Crippen LogP contribution in [0.25, 0.3) is 0 Å². The Morgan fingerprint density at radius 1 is 1.30 bits per heavy atom. The minimum Gasteiger partial charge on any atom is -0.350 e. The van der Waals surface area contributed by atoms with Crippen molar-refractivity contribution in [2.75, 3.05) is 18.9 Å². The molecule has 0 unspecified atom stereocenters. The van der Waals surface area contributed by atoms with Crippen LogP contribution in [-0.4, -0.2) is 46.7 Å². The van der Waals surface area contributed by atoms with Crippen molar-refractivity contribution >= 4 is 5.95 Å². The molecule has 0 aromatic carbocycles. The maximum atomic E-state index is 12.8. The molecule has 0 saturated carbocycles. The number of hydrogen-bond donors (Lipinski definition) is 1. The molecule has 7 heteroatoms. The van der Waals surface area contributed by atoms with E-state index in [1.165, 1.54) is 11.9 Å². The average Bonchev–Trinajstić information content (AvgIpc) is 2.32. The first-order valence-corrected chi connectivity index (χ1v) is 6.61. The molecule has 1 aromatic rings. The Morgan fingerprint density at radius 3 is 2.55 bits per heavy atom. The van der Waals surface area contributed by atoms with E-state index in [0.29, 0.717) is 18.9 Å². The summed E-state index contributed by atoms with van der Waals surface area (Å²) in [5.41, 5.74) is 1.87. The first kappa shape index (κ1) is 15.0. The molecule has 2 rings (SSSR count). The minimum absolute atomic E-state index is 0.0549. The van der Waals surface area contributed by atoms with E-state index in [1.807, 2.05) is 13.8 Å². The Hall–Kier alpha value is -1.37. The topological polar surface area (TPSA) is 41.1 Å². The van der Waals surface area contributed by atoms with Gasteiger partial charge in [0.25, 0.3) is 0 Å². The van der Waals surface area contributed by atoms with Crippen LogP contribution in [0.4, 0.5) is 19.1 Å². The predicted octanol–water partition coefficient (Wildman–Crippen LogP) is 2.53. The summed E-state index contributed by atoms with van der Waals surface area (Å²) < 4.78 is 38.3. The molecule has 1 aromatic heterocycles. The number of alkyl halides is 3. The van der Waals surface area contributed by atoms with Crippen LogP contribution < -0.4 is 5.32 Å². The van der Waals surface area contributed by atoms with Crippen LogP contribution in [-0.2, 0) is 0 Å². The van der Waals surface area contributed by atoms with Crippen LogP contribution >= 0.6 is 0 Å². The molecular weight excluding hydrogens is 269 g/mol. The third-order valence-corrected chi connectivity index (χ3v) is 3.76. The van der Waals surface area contributed by atoms with E-state index in [-0.39, 0.29) is 12.5 Å². The van der Waals surface area contributed by atoms with E-state index in [1.54, 1.807) is 6.20 Å². The molecule has 112 valence electrons. The van der Waals surface area contributed by atoms with Gasteiger partial charge in [0.2, 0.25) is 5.95 Å². The highest BCUT2D eigenvalue weighted by Crippen LogP contribution is 2.31. The van der Waals surface area contributed by atoms with Gasteiger partial charge in [-0.2, -0.15) is 13.2 Å². The molecule has 0 aliphatic carbocycles. The molecule has 0 radical (unpaired) electrons. The molecule has 1 N–H and O–H groups in total. The molecule has 2 atom stereocenters. The van der Waals surface area contributed by atoms with Crippen LogP contribution in [0.5, 0.6) is 0 Å². The fourth-order valence-electron chi connectivity index (χ4n) is 2.46. The number of aryl methyl sites for hydroxylation is 2. The van der Waals surface area contributed by atoms with Gasteiger partial charge in [-0.15, -0.1) is 0 Å². The van der Waals surface area contributed by atoms with E-state index in [0.717, 1.165) is 11.3 Å². The number of likely N-dealkylation sites (N-methyl/N-ethyl adjacent to an activating group) is 1. The number of halogens is 3. The lowest BCUT2D eigenvalue weighted by atomic mass is 9.98. The standard InChI is InChI=1S/C13H19F3N4/c1-8-6-17-12(18-9(8)2)19-10-4-5-11(13(14,15)16)20(3)7-10/h6,10-11H,4-5,7H2,1-3H3,(H,17,18,19)/t10-,11+/m0/s1. The highest BCUT2D eigenvalue weighted by molar-refractivity contribution is 5.30. The molecule has 1 aliphatic rings. The van der Waals surface area contributed by atoms with E-state index in [9.17, 15) is 13.2 Å². The Bertz CT molecular complexity index is 475. The lowest BCUT2D eigenvalue weighted by molar-refractivity contribution is -0.187. The fourth-order valence-corrected chi connectivity index (χ4v) is 2.46. The number of anilines is 1. The Kier molecular flexibility index (Phi) is 4.17. The zero-order valence-corrected chi connectivity index (χ0v) is 11.8. The van der Waals surface area contributed by atoms with Gasteiger partial charge in [0, 0.05) is 24.5 Å². The van der Waals surface area contributed by atoms with Crippen molar-refractivity contribution in [3.8, 4) is 0 Å². The zero-order chi connectivity index (χ0) is 14.9. The van der Waals surface area contributed by atoms with Crippen LogP contribution in [0, 0.1) is 13.8 Å². The number of likely N-dealkylation sites (tertiary alicyclic amines) is 1. The lowest BCUT2D eigenvalue weighted by Crippen LogP contribution is -2.52. The molecule has 2 heterocycles. The van der Waals surface area contributed by atoms with Gasteiger partial charge in [0.05, 0.1) is 0 Å². The summed E-state index contributed by atoms with van der Waals surface area (Å²) in [6, 6.07) is -1.40. The number of nitrogens with one attached hydrogen (secondary N) is 1. The number of aromatic nitrogens is 2. The summed E-state index contributed by atoms with van der Waals surface area (Å²) in [7, 11) is 1.51. The molecule has 4 nitrogen and oxygen atoms in total. The van der Waals surface area contributed by atoms with Gasteiger partial charge in [-0.05, 0) is 39.3 Å². The van der Waals surface area contributed by atoms with Crippen molar-refractivity contribution in [1.82, 2.24) is 14.9 Å². The van der Waals surface area contributed by atoms with Gasteiger partial charge in [-0.1, -0.05) is 0 Å². The highest BCUT2D eigenvalue weighted by Gasteiger charge is 2.44.